The van der Waals surface area contributed by atoms with Crippen LogP contribution < -0.4 is 10.1 Å². The number of ether oxygens (including phenoxy) is 1. The summed E-state index contributed by atoms with van der Waals surface area (Å²) in [6, 6.07) is 25.1. The Balaban J connectivity index is 1.39. The van der Waals surface area contributed by atoms with Gasteiger partial charge in [-0.25, -0.2) is 4.99 Å². The van der Waals surface area contributed by atoms with Gasteiger partial charge in [-0.05, 0) is 83.7 Å². The second kappa shape index (κ2) is 11.8. The molecule has 1 heterocycles. The summed E-state index contributed by atoms with van der Waals surface area (Å²) >= 11 is 7.64. The molecule has 0 spiro atoms. The number of thiophene rings is 1. The normalized spacial score (nSPS) is 15.2. The Hall–Kier alpha value is -3.41. The highest BCUT2D eigenvalue weighted by atomic mass is 35.5. The molecule has 4 nitrogen and oxygen atoms in total. The number of halogens is 1. The Morgan fingerprint density at radius 3 is 2.59 bits per heavy atom. The molecule has 5 rings (SSSR count). The lowest BCUT2D eigenvalue weighted by Gasteiger charge is -2.33. The number of amides is 1. The topological polar surface area (TPSA) is 50.7 Å². The molecule has 0 unspecified atom stereocenters. The van der Waals surface area contributed by atoms with E-state index in [1.165, 1.54) is 4.88 Å². The summed E-state index contributed by atoms with van der Waals surface area (Å²) in [5, 5.41) is 4.55. The van der Waals surface area contributed by atoms with Crippen molar-refractivity contribution in [3.8, 4) is 5.75 Å². The third-order valence-corrected chi connectivity index (χ3v) is 8.65. The summed E-state index contributed by atoms with van der Waals surface area (Å²) in [5.74, 6) is 1.24. The van der Waals surface area contributed by atoms with Crippen molar-refractivity contribution in [3.05, 3.63) is 111 Å². The van der Waals surface area contributed by atoms with Crippen molar-refractivity contribution in [3.63, 3.8) is 0 Å². The number of carbonyl (C=O) groups is 1. The molecule has 6 heteroatoms. The van der Waals surface area contributed by atoms with Gasteiger partial charge in [0.15, 0.2) is 0 Å². The van der Waals surface area contributed by atoms with Crippen LogP contribution in [0.5, 0.6) is 5.75 Å². The predicted molar refractivity (Wildman–Crippen MR) is 163 cm³/mol. The number of carbonyl (C=O) groups excluding carboxylic acids is 1. The Morgan fingerprint density at radius 2 is 1.85 bits per heavy atom. The first-order chi connectivity index (χ1) is 18.8. The summed E-state index contributed by atoms with van der Waals surface area (Å²) in [6.07, 6.45) is 4.79. The molecule has 0 fully saturated rings. The molecule has 1 aliphatic rings. The minimum Gasteiger partial charge on any atom is -0.489 e. The van der Waals surface area contributed by atoms with E-state index in [1.807, 2.05) is 85.1 Å². The van der Waals surface area contributed by atoms with E-state index in [4.69, 9.17) is 21.3 Å². The number of para-hydroxylation sites is 1. The molecule has 3 aromatic carbocycles. The molecule has 1 amide bonds. The van der Waals surface area contributed by atoms with E-state index in [-0.39, 0.29) is 11.3 Å². The number of aliphatic imine (C=N–C) groups is 1. The van der Waals surface area contributed by atoms with E-state index in [9.17, 15) is 4.79 Å². The number of hydrogen-bond donors (Lipinski definition) is 1. The lowest BCUT2D eigenvalue weighted by atomic mass is 9.72. The molecule has 200 valence electrons. The van der Waals surface area contributed by atoms with Gasteiger partial charge in [-0.2, -0.15) is 0 Å². The first-order valence-corrected chi connectivity index (χ1v) is 14.5. The van der Waals surface area contributed by atoms with E-state index in [0.717, 1.165) is 52.4 Å². The van der Waals surface area contributed by atoms with Crippen LogP contribution in [0.1, 0.15) is 59.1 Å². The quantitative estimate of drug-likeness (QED) is 0.231. The van der Waals surface area contributed by atoms with Crippen LogP contribution >= 0.6 is 22.9 Å². The number of anilines is 1. The average Bonchev–Trinajstić information content (AvgIpc) is 3.30. The summed E-state index contributed by atoms with van der Waals surface area (Å²) in [7, 11) is 0. The molecule has 1 aromatic heterocycles. The van der Waals surface area contributed by atoms with Gasteiger partial charge >= 0.3 is 0 Å². The summed E-state index contributed by atoms with van der Waals surface area (Å²) < 4.78 is 6.00. The first-order valence-electron chi connectivity index (χ1n) is 13.3. The lowest BCUT2D eigenvalue weighted by molar-refractivity contribution is 0.102. The molecule has 0 aliphatic heterocycles. The monoisotopic (exact) mass is 556 g/mol. The molecule has 1 N–H and O–H groups in total. The fraction of sp³-hybridized carbons (Fsp3) is 0.273. The number of hydrogen-bond acceptors (Lipinski definition) is 4. The minimum atomic E-state index is -0.0971. The van der Waals surface area contributed by atoms with Gasteiger partial charge in [0, 0.05) is 21.8 Å². The van der Waals surface area contributed by atoms with Gasteiger partial charge in [0.2, 0.25) is 0 Å². The molecular weight excluding hydrogens is 524 g/mol. The Bertz CT molecular complexity index is 1470. The number of benzene rings is 3. The van der Waals surface area contributed by atoms with Crippen LogP contribution in [0.25, 0.3) is 0 Å². The Kier molecular flexibility index (Phi) is 8.20. The first kappa shape index (κ1) is 27.2. The molecule has 0 saturated carbocycles. The van der Waals surface area contributed by atoms with Crippen molar-refractivity contribution in [1.82, 2.24) is 0 Å². The second-order valence-electron chi connectivity index (χ2n) is 11.1. The van der Waals surface area contributed by atoms with Crippen molar-refractivity contribution in [1.29, 1.82) is 0 Å². The third-order valence-electron chi connectivity index (χ3n) is 7.24. The van der Waals surface area contributed by atoms with Crippen LogP contribution in [0, 0.1) is 11.3 Å². The van der Waals surface area contributed by atoms with Crippen LogP contribution in [0.4, 0.5) is 10.7 Å². The van der Waals surface area contributed by atoms with E-state index in [2.05, 4.69) is 26.1 Å². The molecule has 0 saturated heterocycles. The van der Waals surface area contributed by atoms with E-state index in [1.54, 1.807) is 11.3 Å². The molecule has 0 bridgehead atoms. The highest BCUT2D eigenvalue weighted by Crippen LogP contribution is 2.45. The average molecular weight is 557 g/mol. The lowest BCUT2D eigenvalue weighted by Crippen LogP contribution is -2.27. The number of nitrogens with zero attached hydrogens (tertiary/aromatic N) is 1. The maximum atomic E-state index is 13.5. The SMILES string of the molecule is CC(C)(C)[C@@H]1CCc2c(sc(N=Cc3cccc(OCc4ccc(Cl)cc4)c3)c2C(=O)Nc2ccccc2)C1. The fourth-order valence-corrected chi connectivity index (χ4v) is 6.31. The van der Waals surface area contributed by atoms with Crippen molar-refractivity contribution in [2.45, 2.75) is 46.6 Å². The van der Waals surface area contributed by atoms with Crippen LogP contribution in [0.3, 0.4) is 0 Å². The predicted octanol–water partition coefficient (Wildman–Crippen LogP) is 9.13. The number of rotatable bonds is 7. The largest absolute Gasteiger partial charge is 0.489 e. The minimum absolute atomic E-state index is 0.0971. The smallest absolute Gasteiger partial charge is 0.259 e. The maximum absolute atomic E-state index is 13.5. The zero-order chi connectivity index (χ0) is 27.4. The fourth-order valence-electron chi connectivity index (χ4n) is 4.92. The van der Waals surface area contributed by atoms with Crippen molar-refractivity contribution in [2.75, 3.05) is 5.32 Å². The van der Waals surface area contributed by atoms with Gasteiger partial charge in [-0.3, -0.25) is 4.79 Å². The standard InChI is InChI=1S/C33H33ClN2O2S/c1-33(2,3)24-14-17-28-29(19-24)39-32(30(28)31(37)36-26-9-5-4-6-10-26)35-20-23-8-7-11-27(18-23)38-21-22-12-15-25(34)16-13-22/h4-13,15-16,18,20,24H,14,17,19,21H2,1-3H3,(H,36,37)/t24-/m1/s1. The summed E-state index contributed by atoms with van der Waals surface area (Å²) in [5.41, 5.74) is 4.83. The highest BCUT2D eigenvalue weighted by molar-refractivity contribution is 7.16. The molecule has 1 aliphatic carbocycles. The van der Waals surface area contributed by atoms with Gasteiger partial charge in [-0.15, -0.1) is 11.3 Å². The van der Waals surface area contributed by atoms with Crippen molar-refractivity contribution >= 4 is 45.7 Å². The second-order valence-corrected chi connectivity index (χ2v) is 12.6. The molecular formula is C33H33ClN2O2S. The van der Waals surface area contributed by atoms with Gasteiger partial charge in [0.05, 0.1) is 5.56 Å². The van der Waals surface area contributed by atoms with Gasteiger partial charge in [-0.1, -0.05) is 74.8 Å². The Labute approximate surface area is 239 Å². The van der Waals surface area contributed by atoms with E-state index < -0.39 is 0 Å². The van der Waals surface area contributed by atoms with Crippen LogP contribution in [0.2, 0.25) is 5.02 Å². The number of fused-ring (bicyclic) bond motifs is 1. The van der Waals surface area contributed by atoms with Crippen LogP contribution in [-0.4, -0.2) is 12.1 Å². The maximum Gasteiger partial charge on any atom is 0.259 e. The van der Waals surface area contributed by atoms with E-state index in [0.29, 0.717) is 23.1 Å². The molecule has 0 radical (unpaired) electrons. The Morgan fingerprint density at radius 1 is 1.08 bits per heavy atom. The van der Waals surface area contributed by atoms with Gasteiger partial charge < -0.3 is 10.1 Å². The highest BCUT2D eigenvalue weighted by Gasteiger charge is 2.33. The van der Waals surface area contributed by atoms with Crippen molar-refractivity contribution < 1.29 is 9.53 Å². The van der Waals surface area contributed by atoms with Crippen LogP contribution in [0.15, 0.2) is 83.9 Å². The van der Waals surface area contributed by atoms with E-state index >= 15 is 0 Å². The van der Waals surface area contributed by atoms with Gasteiger partial charge in [0.25, 0.3) is 5.91 Å². The molecule has 1 atom stereocenters. The zero-order valence-electron chi connectivity index (χ0n) is 22.5. The van der Waals surface area contributed by atoms with Gasteiger partial charge in [0.1, 0.15) is 17.4 Å². The van der Waals surface area contributed by atoms with Crippen LogP contribution in [-0.2, 0) is 19.4 Å². The summed E-state index contributed by atoms with van der Waals surface area (Å²) in [6.45, 7) is 7.37. The van der Waals surface area contributed by atoms with Crippen molar-refractivity contribution in [2.24, 2.45) is 16.3 Å². The number of nitrogens with one attached hydrogen (secondary N) is 1. The zero-order valence-corrected chi connectivity index (χ0v) is 24.1. The third kappa shape index (κ3) is 6.78. The summed E-state index contributed by atoms with van der Waals surface area (Å²) in [4.78, 5) is 19.7. The molecule has 39 heavy (non-hydrogen) atoms. The molecule has 4 aromatic rings.